The molecular weight excluding hydrogens is 179 g/mol. The van der Waals surface area contributed by atoms with E-state index in [1.54, 1.807) is 30.3 Å². The first kappa shape index (κ1) is 8.75. The number of ether oxygens (including phenoxy) is 1. The molecule has 1 radical (unpaired) electrons. The highest BCUT2D eigenvalue weighted by Crippen LogP contribution is 2.22. The van der Waals surface area contributed by atoms with Gasteiger partial charge in [-0.1, -0.05) is 30.3 Å². The Balaban J connectivity index is 2.24. The van der Waals surface area contributed by atoms with E-state index in [-0.39, 0.29) is 11.6 Å². The van der Waals surface area contributed by atoms with Crippen LogP contribution >= 0.6 is 0 Å². The lowest BCUT2D eigenvalue weighted by Crippen LogP contribution is -1.86. The fourth-order valence-electron chi connectivity index (χ4n) is 1.09. The summed E-state index contributed by atoms with van der Waals surface area (Å²) in [6.45, 7) is 0. The molecule has 0 N–H and O–H groups in total. The van der Waals surface area contributed by atoms with Crippen LogP contribution < -0.4 is 4.74 Å². The molecule has 0 fully saturated rings. The average molecular weight is 187 g/mol. The highest BCUT2D eigenvalue weighted by molar-refractivity contribution is 5.30. The van der Waals surface area contributed by atoms with E-state index >= 15 is 0 Å². The third-order valence-corrected chi connectivity index (χ3v) is 1.74. The van der Waals surface area contributed by atoms with Crippen LogP contribution in [-0.2, 0) is 0 Å². The molecule has 0 aliphatic carbocycles. The van der Waals surface area contributed by atoms with Crippen molar-refractivity contribution in [3.63, 3.8) is 0 Å². The first-order chi connectivity index (χ1) is 6.86. The van der Waals surface area contributed by atoms with Crippen LogP contribution in [0.1, 0.15) is 0 Å². The lowest BCUT2D eigenvalue weighted by molar-refractivity contribution is 0.441. The van der Waals surface area contributed by atoms with Crippen LogP contribution in [0.4, 0.5) is 4.39 Å². The molecule has 69 valence electrons. The molecule has 2 aromatic carbocycles. The first-order valence-electron chi connectivity index (χ1n) is 4.25. The zero-order chi connectivity index (χ0) is 9.80. The van der Waals surface area contributed by atoms with Crippen molar-refractivity contribution in [3.05, 3.63) is 60.4 Å². The van der Waals surface area contributed by atoms with Crippen LogP contribution in [0.25, 0.3) is 0 Å². The second-order valence-electron chi connectivity index (χ2n) is 2.76. The van der Waals surface area contributed by atoms with Crippen molar-refractivity contribution in [3.8, 4) is 11.5 Å². The van der Waals surface area contributed by atoms with Gasteiger partial charge in [0.15, 0.2) is 11.6 Å². The zero-order valence-corrected chi connectivity index (χ0v) is 7.41. The maximum Gasteiger partial charge on any atom is 0.165 e. The summed E-state index contributed by atoms with van der Waals surface area (Å²) in [7, 11) is 0. The summed E-state index contributed by atoms with van der Waals surface area (Å²) in [5.74, 6) is 0.359. The molecule has 0 aromatic heterocycles. The Hall–Kier alpha value is -1.83. The Morgan fingerprint density at radius 3 is 2.50 bits per heavy atom. The van der Waals surface area contributed by atoms with Gasteiger partial charge >= 0.3 is 0 Å². The minimum absolute atomic E-state index is 0.218. The maximum absolute atomic E-state index is 13.1. The first-order valence-corrected chi connectivity index (χ1v) is 4.25. The number of para-hydroxylation sites is 2. The second kappa shape index (κ2) is 3.92. The van der Waals surface area contributed by atoms with Crippen molar-refractivity contribution in [1.82, 2.24) is 0 Å². The largest absolute Gasteiger partial charge is 0.454 e. The number of rotatable bonds is 2. The van der Waals surface area contributed by atoms with E-state index in [4.69, 9.17) is 4.74 Å². The van der Waals surface area contributed by atoms with Gasteiger partial charge in [-0.05, 0) is 18.2 Å². The SMILES string of the molecule is Fc1ccccc1Oc1[c]cccc1. The Labute approximate surface area is 81.8 Å². The van der Waals surface area contributed by atoms with Crippen LogP contribution in [0.3, 0.4) is 0 Å². The molecule has 14 heavy (non-hydrogen) atoms. The highest BCUT2D eigenvalue weighted by Gasteiger charge is 2.01. The van der Waals surface area contributed by atoms with Crippen LogP contribution in [0.5, 0.6) is 11.5 Å². The van der Waals surface area contributed by atoms with E-state index in [1.165, 1.54) is 6.07 Å². The van der Waals surface area contributed by atoms with Gasteiger partial charge in [-0.2, -0.15) is 0 Å². The van der Waals surface area contributed by atoms with Gasteiger partial charge in [-0.15, -0.1) is 0 Å². The quantitative estimate of drug-likeness (QED) is 0.700. The molecule has 0 saturated heterocycles. The predicted molar refractivity (Wildman–Crippen MR) is 51.8 cm³/mol. The van der Waals surface area contributed by atoms with Gasteiger partial charge in [0.05, 0.1) is 0 Å². The normalized spacial score (nSPS) is 9.79. The topological polar surface area (TPSA) is 9.23 Å². The molecule has 2 heteroatoms. The lowest BCUT2D eigenvalue weighted by atomic mass is 10.3. The molecular formula is C12H8FO. The minimum atomic E-state index is -0.371. The van der Waals surface area contributed by atoms with Crippen LogP contribution in [-0.4, -0.2) is 0 Å². The maximum atomic E-state index is 13.1. The number of benzene rings is 2. The van der Waals surface area contributed by atoms with Gasteiger partial charge in [-0.25, -0.2) is 4.39 Å². The van der Waals surface area contributed by atoms with E-state index in [9.17, 15) is 4.39 Å². The molecule has 0 aliphatic rings. The summed E-state index contributed by atoms with van der Waals surface area (Å²) in [4.78, 5) is 0. The minimum Gasteiger partial charge on any atom is -0.454 e. The fraction of sp³-hybridized carbons (Fsp3) is 0. The molecule has 1 nitrogen and oxygen atoms in total. The Bertz CT molecular complexity index is 412. The monoisotopic (exact) mass is 187 g/mol. The average Bonchev–Trinajstić information content (AvgIpc) is 2.23. The number of hydrogen-bond donors (Lipinski definition) is 0. The fourth-order valence-corrected chi connectivity index (χ4v) is 1.09. The van der Waals surface area contributed by atoms with E-state index in [1.807, 2.05) is 12.1 Å². The molecule has 0 spiro atoms. The van der Waals surface area contributed by atoms with Crippen molar-refractivity contribution in [2.45, 2.75) is 0 Å². The van der Waals surface area contributed by atoms with E-state index in [0.717, 1.165) is 0 Å². The van der Waals surface area contributed by atoms with Gasteiger partial charge in [0, 0.05) is 6.07 Å². The number of hydrogen-bond acceptors (Lipinski definition) is 1. The summed E-state index contributed by atoms with van der Waals surface area (Å²) in [5, 5.41) is 0. The summed E-state index contributed by atoms with van der Waals surface area (Å²) < 4.78 is 18.4. The summed E-state index contributed by atoms with van der Waals surface area (Å²) in [5.41, 5.74) is 0. The molecule has 2 aromatic rings. The van der Waals surface area contributed by atoms with Crippen molar-refractivity contribution >= 4 is 0 Å². The van der Waals surface area contributed by atoms with Crippen molar-refractivity contribution in [1.29, 1.82) is 0 Å². The molecule has 0 unspecified atom stereocenters. The van der Waals surface area contributed by atoms with Gasteiger partial charge in [-0.3, -0.25) is 0 Å². The predicted octanol–water partition coefficient (Wildman–Crippen LogP) is 3.42. The Morgan fingerprint density at radius 1 is 1.00 bits per heavy atom. The van der Waals surface area contributed by atoms with Gasteiger partial charge < -0.3 is 4.74 Å². The molecule has 2 rings (SSSR count). The smallest absolute Gasteiger partial charge is 0.165 e. The van der Waals surface area contributed by atoms with Crippen LogP contribution in [0.2, 0.25) is 0 Å². The van der Waals surface area contributed by atoms with Crippen molar-refractivity contribution in [2.75, 3.05) is 0 Å². The van der Waals surface area contributed by atoms with E-state index < -0.39 is 0 Å². The van der Waals surface area contributed by atoms with Gasteiger partial charge in [0.2, 0.25) is 0 Å². The van der Waals surface area contributed by atoms with E-state index in [0.29, 0.717) is 5.75 Å². The lowest BCUT2D eigenvalue weighted by Gasteiger charge is -2.04. The second-order valence-corrected chi connectivity index (χ2v) is 2.76. The molecule has 0 bridgehead atoms. The standard InChI is InChI=1S/C12H8FO/c13-11-8-4-5-9-12(11)14-10-6-2-1-3-7-10/h1-6,8-9H. The van der Waals surface area contributed by atoms with E-state index in [2.05, 4.69) is 6.07 Å². The summed E-state index contributed by atoms with van der Waals surface area (Å²) in [6, 6.07) is 16.2. The Kier molecular flexibility index (Phi) is 2.45. The zero-order valence-electron chi connectivity index (χ0n) is 7.41. The third-order valence-electron chi connectivity index (χ3n) is 1.74. The molecule has 0 atom stereocenters. The summed E-state index contributed by atoms with van der Waals surface area (Å²) >= 11 is 0. The molecule has 0 heterocycles. The van der Waals surface area contributed by atoms with Gasteiger partial charge in [0.25, 0.3) is 0 Å². The number of halogens is 1. The molecule has 0 amide bonds. The van der Waals surface area contributed by atoms with Crippen molar-refractivity contribution in [2.24, 2.45) is 0 Å². The Morgan fingerprint density at radius 2 is 1.79 bits per heavy atom. The van der Waals surface area contributed by atoms with Crippen LogP contribution in [0, 0.1) is 11.9 Å². The highest BCUT2D eigenvalue weighted by atomic mass is 19.1. The van der Waals surface area contributed by atoms with Crippen LogP contribution in [0.15, 0.2) is 48.5 Å². The van der Waals surface area contributed by atoms with Crippen molar-refractivity contribution < 1.29 is 9.13 Å². The third kappa shape index (κ3) is 1.91. The van der Waals surface area contributed by atoms with Gasteiger partial charge in [0.1, 0.15) is 5.75 Å². The summed E-state index contributed by atoms with van der Waals surface area (Å²) in [6.07, 6.45) is 0. The molecule has 0 aliphatic heterocycles. The molecule has 0 saturated carbocycles.